The van der Waals surface area contributed by atoms with Crippen molar-refractivity contribution in [2.24, 2.45) is 7.05 Å². The summed E-state index contributed by atoms with van der Waals surface area (Å²) in [4.78, 5) is 16.6. The van der Waals surface area contributed by atoms with Crippen LogP contribution in [0.15, 0.2) is 47.1 Å². The smallest absolute Gasteiger partial charge is 0.337 e. The van der Waals surface area contributed by atoms with Gasteiger partial charge in [-0.1, -0.05) is 34.4 Å². The van der Waals surface area contributed by atoms with Crippen molar-refractivity contribution in [3.05, 3.63) is 69.5 Å². The van der Waals surface area contributed by atoms with Gasteiger partial charge in [0.1, 0.15) is 11.5 Å². The maximum absolute atomic E-state index is 11.6. The van der Waals surface area contributed by atoms with E-state index in [4.69, 9.17) is 27.7 Å². The maximum Gasteiger partial charge on any atom is 0.337 e. The molecular weight excluding hydrogens is 523 g/mol. The summed E-state index contributed by atoms with van der Waals surface area (Å²) in [5.74, 6) is 0.559. The average Bonchev–Trinajstić information content (AvgIpc) is 3.58. The van der Waals surface area contributed by atoms with E-state index in [0.29, 0.717) is 33.6 Å². The number of aromatic carboxylic acids is 1. The van der Waals surface area contributed by atoms with E-state index >= 15 is 0 Å². The first-order chi connectivity index (χ1) is 18.4. The van der Waals surface area contributed by atoms with Crippen LogP contribution in [0.25, 0.3) is 22.2 Å². The number of carbonyl (C=O) groups is 1. The van der Waals surface area contributed by atoms with Gasteiger partial charge in [-0.05, 0) is 56.0 Å². The SMILES string of the molecule is Cn1cc(C(=O)O)c2ccc(N3CC4CC(C3)N4CCc3c(-c4c(Cl)cccc4Cl)noc3C3CC3)cc21. The Morgan fingerprint density at radius 1 is 1.13 bits per heavy atom. The van der Waals surface area contributed by atoms with Gasteiger partial charge < -0.3 is 19.1 Å². The predicted molar refractivity (Wildman–Crippen MR) is 149 cm³/mol. The Morgan fingerprint density at radius 2 is 1.87 bits per heavy atom. The molecule has 1 saturated carbocycles. The normalized spacial score (nSPS) is 21.2. The molecule has 0 amide bonds. The van der Waals surface area contributed by atoms with Crippen LogP contribution in [0.3, 0.4) is 0 Å². The minimum atomic E-state index is -0.893. The van der Waals surface area contributed by atoms with Crippen LogP contribution < -0.4 is 4.90 Å². The third-order valence-corrected chi connectivity index (χ3v) is 9.13. The molecule has 0 spiro atoms. The maximum atomic E-state index is 11.6. The molecule has 1 aliphatic carbocycles. The molecule has 4 aromatic rings. The molecule has 2 atom stereocenters. The van der Waals surface area contributed by atoms with Crippen LogP contribution >= 0.6 is 23.2 Å². The van der Waals surface area contributed by atoms with Gasteiger partial charge in [-0.3, -0.25) is 4.90 Å². The quantitative estimate of drug-likeness (QED) is 0.294. The van der Waals surface area contributed by atoms with Crippen molar-refractivity contribution in [1.82, 2.24) is 14.6 Å². The van der Waals surface area contributed by atoms with Crippen molar-refractivity contribution in [2.75, 3.05) is 24.5 Å². The Hall–Kier alpha value is -3.00. The number of hydrogen-bond donors (Lipinski definition) is 1. The van der Waals surface area contributed by atoms with Crippen LogP contribution in [0.1, 0.15) is 46.9 Å². The standard InChI is InChI=1S/C29H28Cl2N4O3/c1-33-15-22(29(36)37)20-8-7-17(12-25(20)33)34-13-18-11-19(14-34)35(18)10-9-21-27(32-38-28(21)16-5-6-16)26-23(30)3-2-4-24(26)31/h2-4,7-8,12,15-16,18-19H,5-6,9-11,13-14H2,1H3,(H,36,37). The highest BCUT2D eigenvalue weighted by molar-refractivity contribution is 6.39. The molecule has 4 aliphatic rings. The number of anilines is 1. The number of fused-ring (bicyclic) bond motifs is 3. The highest BCUT2D eigenvalue weighted by Crippen LogP contribution is 2.46. The van der Waals surface area contributed by atoms with E-state index in [1.807, 2.05) is 35.9 Å². The molecule has 3 aliphatic heterocycles. The molecule has 9 heteroatoms. The fraction of sp³-hybridized carbons (Fsp3) is 0.379. The van der Waals surface area contributed by atoms with Crippen molar-refractivity contribution >= 4 is 45.8 Å². The molecule has 2 unspecified atom stereocenters. The van der Waals surface area contributed by atoms with E-state index < -0.39 is 5.97 Å². The molecule has 2 aromatic heterocycles. The molecule has 2 bridgehead atoms. The van der Waals surface area contributed by atoms with Gasteiger partial charge in [0.2, 0.25) is 0 Å². The van der Waals surface area contributed by atoms with Crippen molar-refractivity contribution in [3.8, 4) is 11.3 Å². The summed E-state index contributed by atoms with van der Waals surface area (Å²) >= 11 is 13.1. The molecule has 1 N–H and O–H groups in total. The zero-order valence-corrected chi connectivity index (χ0v) is 22.5. The molecule has 7 nitrogen and oxygen atoms in total. The van der Waals surface area contributed by atoms with Gasteiger partial charge in [0.05, 0.1) is 21.1 Å². The number of piperazine rings is 1. The summed E-state index contributed by atoms with van der Waals surface area (Å²) in [6, 6.07) is 12.6. The summed E-state index contributed by atoms with van der Waals surface area (Å²) in [7, 11) is 1.90. The van der Waals surface area contributed by atoms with E-state index in [1.165, 1.54) is 6.42 Å². The lowest BCUT2D eigenvalue weighted by Gasteiger charge is -2.57. The predicted octanol–water partition coefficient (Wildman–Crippen LogP) is 6.22. The van der Waals surface area contributed by atoms with E-state index in [2.05, 4.69) is 27.1 Å². The summed E-state index contributed by atoms with van der Waals surface area (Å²) in [6.45, 7) is 2.86. The number of nitrogens with zero attached hydrogens (tertiary/aromatic N) is 4. The van der Waals surface area contributed by atoms with Crippen LogP contribution in [-0.2, 0) is 13.5 Å². The first-order valence-electron chi connectivity index (χ1n) is 13.1. The fourth-order valence-corrected chi connectivity index (χ4v) is 6.97. The number of aryl methyl sites for hydroxylation is 1. The molecule has 8 rings (SSSR count). The zero-order chi connectivity index (χ0) is 26.1. The van der Waals surface area contributed by atoms with Crippen LogP contribution in [0.4, 0.5) is 5.69 Å². The third kappa shape index (κ3) is 3.91. The second-order valence-electron chi connectivity index (χ2n) is 10.8. The van der Waals surface area contributed by atoms with Crippen molar-refractivity contribution in [2.45, 2.75) is 43.7 Å². The number of hydrogen-bond acceptors (Lipinski definition) is 5. The first-order valence-corrected chi connectivity index (χ1v) is 13.9. The topological polar surface area (TPSA) is 74.7 Å². The number of rotatable bonds is 7. The van der Waals surface area contributed by atoms with Crippen LogP contribution in [-0.4, -0.2) is 57.4 Å². The molecule has 38 heavy (non-hydrogen) atoms. The molecule has 196 valence electrons. The Balaban J connectivity index is 1.09. The zero-order valence-electron chi connectivity index (χ0n) is 21.0. The lowest BCUT2D eigenvalue weighted by molar-refractivity contribution is 0.000540. The average molecular weight is 551 g/mol. The molecule has 0 radical (unpaired) electrons. The second kappa shape index (κ2) is 9.04. The van der Waals surface area contributed by atoms with Crippen LogP contribution in [0.2, 0.25) is 10.0 Å². The minimum Gasteiger partial charge on any atom is -0.478 e. The summed E-state index contributed by atoms with van der Waals surface area (Å²) in [6.07, 6.45) is 6.03. The van der Waals surface area contributed by atoms with E-state index in [1.54, 1.807) is 6.20 Å². The molecule has 3 saturated heterocycles. The van der Waals surface area contributed by atoms with Gasteiger partial charge in [-0.25, -0.2) is 4.79 Å². The van der Waals surface area contributed by atoms with Gasteiger partial charge in [-0.2, -0.15) is 0 Å². The number of carboxylic acid groups (broad SMARTS) is 1. The molecule has 4 fully saturated rings. The van der Waals surface area contributed by atoms with Crippen molar-refractivity contribution < 1.29 is 14.4 Å². The second-order valence-corrected chi connectivity index (χ2v) is 11.7. The first kappa shape index (κ1) is 24.1. The Labute approximate surface area is 230 Å². The Bertz CT molecular complexity index is 1540. The lowest BCUT2D eigenvalue weighted by Crippen LogP contribution is -2.69. The van der Waals surface area contributed by atoms with E-state index in [9.17, 15) is 9.90 Å². The number of aromatic nitrogens is 2. The minimum absolute atomic E-state index is 0.346. The Kier molecular flexibility index (Phi) is 5.73. The number of piperidine rings is 1. The highest BCUT2D eigenvalue weighted by Gasteiger charge is 2.44. The van der Waals surface area contributed by atoms with Crippen LogP contribution in [0, 0.1) is 0 Å². The van der Waals surface area contributed by atoms with Gasteiger partial charge >= 0.3 is 5.97 Å². The van der Waals surface area contributed by atoms with Gasteiger partial charge in [0, 0.05) is 73.1 Å². The van der Waals surface area contributed by atoms with E-state index in [-0.39, 0.29) is 0 Å². The highest BCUT2D eigenvalue weighted by atomic mass is 35.5. The van der Waals surface area contributed by atoms with Gasteiger partial charge in [-0.15, -0.1) is 0 Å². The molecule has 2 aromatic carbocycles. The monoisotopic (exact) mass is 550 g/mol. The summed E-state index contributed by atoms with van der Waals surface area (Å²) < 4.78 is 7.77. The Morgan fingerprint density at radius 3 is 2.55 bits per heavy atom. The molecule has 5 heterocycles. The van der Waals surface area contributed by atoms with Crippen LogP contribution in [0.5, 0.6) is 0 Å². The summed E-state index contributed by atoms with van der Waals surface area (Å²) in [5, 5.41) is 15.9. The van der Waals surface area contributed by atoms with Gasteiger partial charge in [0.25, 0.3) is 0 Å². The lowest BCUT2D eigenvalue weighted by atomic mass is 9.86. The molecular formula is C29H28Cl2N4O3. The largest absolute Gasteiger partial charge is 0.478 e. The van der Waals surface area contributed by atoms with Crippen molar-refractivity contribution in [3.63, 3.8) is 0 Å². The number of benzene rings is 2. The number of halogens is 2. The number of carboxylic acids is 1. The summed E-state index contributed by atoms with van der Waals surface area (Å²) in [5.41, 5.74) is 5.13. The van der Waals surface area contributed by atoms with E-state index in [0.717, 1.165) is 78.1 Å². The van der Waals surface area contributed by atoms with Gasteiger partial charge in [0.15, 0.2) is 0 Å². The fourth-order valence-electron chi connectivity index (χ4n) is 6.39. The van der Waals surface area contributed by atoms with Crippen molar-refractivity contribution in [1.29, 1.82) is 0 Å². The third-order valence-electron chi connectivity index (χ3n) is 8.50.